The van der Waals surface area contributed by atoms with Crippen LogP contribution in [-0.4, -0.2) is 69.5 Å². The number of rotatable bonds is 5. The normalized spacial score (nSPS) is 27.9. The van der Waals surface area contributed by atoms with Gasteiger partial charge in [-0.15, -0.1) is 0 Å². The van der Waals surface area contributed by atoms with Gasteiger partial charge in [0.05, 0.1) is 18.9 Å². The fourth-order valence-electron chi connectivity index (χ4n) is 4.36. The van der Waals surface area contributed by atoms with Gasteiger partial charge in [-0.3, -0.25) is 14.0 Å². The average molecular weight is 441 g/mol. The second kappa shape index (κ2) is 9.41. The van der Waals surface area contributed by atoms with Crippen molar-refractivity contribution < 1.29 is 17.8 Å². The molecule has 168 valence electrons. The van der Waals surface area contributed by atoms with E-state index in [-0.39, 0.29) is 22.9 Å². The number of nitrogens with zero attached hydrogens (tertiary/aromatic N) is 5. The molecular formula is C19H32N6O4S. The van der Waals surface area contributed by atoms with Crippen molar-refractivity contribution in [3.63, 3.8) is 0 Å². The third-order valence-corrected chi connectivity index (χ3v) is 6.66. The van der Waals surface area contributed by atoms with Crippen LogP contribution in [0.2, 0.25) is 0 Å². The lowest BCUT2D eigenvalue weighted by Gasteiger charge is -2.42. The molecule has 3 rings (SSSR count). The topological polar surface area (TPSA) is 141 Å². The Morgan fingerprint density at radius 3 is 2.60 bits per heavy atom. The van der Waals surface area contributed by atoms with Gasteiger partial charge in [-0.25, -0.2) is 4.98 Å². The van der Waals surface area contributed by atoms with E-state index < -0.39 is 10.1 Å². The molecule has 1 saturated heterocycles. The highest BCUT2D eigenvalue weighted by Gasteiger charge is 2.51. The second-order valence-corrected chi connectivity index (χ2v) is 10.3. The Hall–Kier alpha value is -2.03. The summed E-state index contributed by atoms with van der Waals surface area (Å²) in [6.45, 7) is 8.61. The molecule has 1 amide bonds. The maximum atomic E-state index is 12.6. The van der Waals surface area contributed by atoms with Crippen molar-refractivity contribution in [3.05, 3.63) is 12.7 Å². The van der Waals surface area contributed by atoms with Crippen LogP contribution in [-0.2, 0) is 21.5 Å². The molecule has 1 aromatic rings. The number of amides is 1. The molecule has 0 bridgehead atoms. The molecule has 0 radical (unpaired) electrons. The quantitative estimate of drug-likeness (QED) is 0.648. The fourth-order valence-corrected chi connectivity index (χ4v) is 4.36. The van der Waals surface area contributed by atoms with E-state index in [0.29, 0.717) is 25.3 Å². The molecular weight excluding hydrogens is 408 g/mol. The molecule has 30 heavy (non-hydrogen) atoms. The summed E-state index contributed by atoms with van der Waals surface area (Å²) < 4.78 is 27.8. The highest BCUT2D eigenvalue weighted by molar-refractivity contribution is 7.85. The van der Waals surface area contributed by atoms with Crippen LogP contribution in [0.15, 0.2) is 12.7 Å². The molecule has 1 aliphatic carbocycles. The van der Waals surface area contributed by atoms with E-state index >= 15 is 0 Å². The third-order valence-electron chi connectivity index (χ3n) is 6.66. The zero-order valence-electron chi connectivity index (χ0n) is 18.1. The van der Waals surface area contributed by atoms with Crippen molar-refractivity contribution in [2.75, 3.05) is 19.3 Å². The van der Waals surface area contributed by atoms with Gasteiger partial charge in [0.2, 0.25) is 5.91 Å². The van der Waals surface area contributed by atoms with Crippen LogP contribution >= 0.6 is 0 Å². The van der Waals surface area contributed by atoms with Gasteiger partial charge >= 0.3 is 0 Å². The Labute approximate surface area is 178 Å². The van der Waals surface area contributed by atoms with E-state index in [2.05, 4.69) is 42.2 Å². The monoisotopic (exact) mass is 440 g/mol. The highest BCUT2D eigenvalue weighted by atomic mass is 32.2. The minimum Gasteiger partial charge on any atom is -0.326 e. The zero-order chi connectivity index (χ0) is 22.6. The predicted octanol–water partition coefficient (Wildman–Crippen LogP) is 1.08. The van der Waals surface area contributed by atoms with Crippen LogP contribution in [0.25, 0.3) is 0 Å². The summed E-state index contributed by atoms with van der Waals surface area (Å²) in [6.07, 6.45) is 7.88. The van der Waals surface area contributed by atoms with E-state index in [9.17, 15) is 18.5 Å². The molecule has 2 aliphatic rings. The first-order valence-corrected chi connectivity index (χ1v) is 11.9. The van der Waals surface area contributed by atoms with Crippen molar-refractivity contribution in [3.8, 4) is 6.07 Å². The summed E-state index contributed by atoms with van der Waals surface area (Å²) in [5.74, 6) is 0.515. The number of carbonyl (C=O) groups excluding carboxylic acids is 1. The van der Waals surface area contributed by atoms with E-state index in [4.69, 9.17) is 4.55 Å². The first-order chi connectivity index (χ1) is 13.9. The first kappa shape index (κ1) is 24.2. The molecule has 11 heteroatoms. The number of aromatic nitrogens is 3. The van der Waals surface area contributed by atoms with Crippen LogP contribution in [0, 0.1) is 22.7 Å². The Kier molecular flexibility index (Phi) is 7.60. The van der Waals surface area contributed by atoms with Gasteiger partial charge in [0.1, 0.15) is 18.7 Å². The first-order valence-electron chi connectivity index (χ1n) is 10.1. The Morgan fingerprint density at radius 2 is 2.03 bits per heavy atom. The van der Waals surface area contributed by atoms with E-state index in [1.165, 1.54) is 0 Å². The largest absolute Gasteiger partial charge is 0.326 e. The zero-order valence-corrected chi connectivity index (χ0v) is 18.9. The molecule has 2 N–H and O–H groups in total. The van der Waals surface area contributed by atoms with Crippen LogP contribution in [0.5, 0.6) is 0 Å². The van der Waals surface area contributed by atoms with Gasteiger partial charge in [0, 0.05) is 18.6 Å². The Balaban J connectivity index is 0.000000575. The lowest BCUT2D eigenvalue weighted by molar-refractivity contribution is -0.130. The summed E-state index contributed by atoms with van der Waals surface area (Å²) in [7, 11) is -3.67. The van der Waals surface area contributed by atoms with Gasteiger partial charge < -0.3 is 10.2 Å². The minimum atomic E-state index is -3.67. The molecule has 0 spiro atoms. The summed E-state index contributed by atoms with van der Waals surface area (Å²) in [6, 6.07) is 1.99. The summed E-state index contributed by atoms with van der Waals surface area (Å²) in [4.78, 5) is 18.3. The van der Waals surface area contributed by atoms with Crippen molar-refractivity contribution in [1.82, 2.24) is 25.0 Å². The number of likely N-dealkylation sites (tertiary alicyclic amines) is 1. The van der Waals surface area contributed by atoms with Gasteiger partial charge in [0.15, 0.2) is 0 Å². The fraction of sp³-hybridized carbons (Fsp3) is 0.789. The van der Waals surface area contributed by atoms with E-state index in [1.54, 1.807) is 17.6 Å². The highest BCUT2D eigenvalue weighted by Crippen LogP contribution is 2.50. The predicted molar refractivity (Wildman–Crippen MR) is 111 cm³/mol. The molecule has 1 unspecified atom stereocenters. The number of nitrogens with one attached hydrogen (secondary N) is 1. The van der Waals surface area contributed by atoms with Crippen molar-refractivity contribution in [2.45, 2.75) is 64.6 Å². The number of carbonyl (C=O) groups is 1. The third kappa shape index (κ3) is 6.00. The number of hydrogen-bond acceptors (Lipinski definition) is 7. The standard InChI is InChI=1S/C18H28N6O.CH4O3S/c1-17(2)14(11-23-13-20-12-22-23)6-7-18(17,3)21-10-16(25)24-8-4-5-15(24)9-19;1-5(2,3)4/h12-15,21H,4-8,10-11H2,1-3H3;1H3,(H,2,3,4)/t14-,15?,18-;/m1./s1. The van der Waals surface area contributed by atoms with Gasteiger partial charge in [0.25, 0.3) is 10.1 Å². The van der Waals surface area contributed by atoms with Crippen LogP contribution < -0.4 is 5.32 Å². The number of hydrogen-bond donors (Lipinski definition) is 2. The Morgan fingerprint density at radius 1 is 1.37 bits per heavy atom. The van der Waals surface area contributed by atoms with Crippen LogP contribution in [0.1, 0.15) is 46.5 Å². The molecule has 1 aliphatic heterocycles. The van der Waals surface area contributed by atoms with Gasteiger partial charge in [-0.1, -0.05) is 13.8 Å². The van der Waals surface area contributed by atoms with E-state index in [1.807, 2.05) is 4.68 Å². The summed E-state index contributed by atoms with van der Waals surface area (Å²) in [5, 5.41) is 16.9. The lowest BCUT2D eigenvalue weighted by atomic mass is 9.71. The van der Waals surface area contributed by atoms with Crippen molar-refractivity contribution in [1.29, 1.82) is 5.26 Å². The van der Waals surface area contributed by atoms with Gasteiger partial charge in [-0.05, 0) is 43.9 Å². The molecule has 0 aromatic carbocycles. The SMILES string of the molecule is CC1(C)[C@@H](Cn2cncn2)CC[C@@]1(C)NCC(=O)N1CCCC1C#N.CS(=O)(=O)O. The lowest BCUT2D eigenvalue weighted by Crippen LogP contribution is -2.55. The smallest absolute Gasteiger partial charge is 0.261 e. The number of nitriles is 1. The summed E-state index contributed by atoms with van der Waals surface area (Å²) in [5.41, 5.74) is -0.0886. The van der Waals surface area contributed by atoms with E-state index in [0.717, 1.165) is 32.2 Å². The Bertz CT molecular complexity index is 856. The average Bonchev–Trinajstić information content (AvgIpc) is 3.35. The van der Waals surface area contributed by atoms with Crippen LogP contribution in [0.3, 0.4) is 0 Å². The molecule has 10 nitrogen and oxygen atoms in total. The molecule has 1 aromatic heterocycles. The molecule has 3 atom stereocenters. The summed E-state index contributed by atoms with van der Waals surface area (Å²) >= 11 is 0. The van der Waals surface area contributed by atoms with Crippen LogP contribution in [0.4, 0.5) is 0 Å². The minimum absolute atomic E-state index is 0.0267. The van der Waals surface area contributed by atoms with Crippen molar-refractivity contribution >= 4 is 16.0 Å². The second-order valence-electron chi connectivity index (χ2n) is 8.87. The maximum absolute atomic E-state index is 12.6. The molecule has 1 saturated carbocycles. The molecule has 2 fully saturated rings. The van der Waals surface area contributed by atoms with Crippen molar-refractivity contribution in [2.24, 2.45) is 11.3 Å². The maximum Gasteiger partial charge on any atom is 0.261 e. The van der Waals surface area contributed by atoms with Gasteiger partial charge in [-0.2, -0.15) is 18.8 Å². The molecule has 2 heterocycles.